The molecule has 1 aliphatic rings. The van der Waals surface area contributed by atoms with Crippen molar-refractivity contribution in [2.24, 2.45) is 11.8 Å². The van der Waals surface area contributed by atoms with Crippen molar-refractivity contribution in [3.8, 4) is 0 Å². The third-order valence-corrected chi connectivity index (χ3v) is 4.36. The number of nitrogens with one attached hydrogen (secondary N) is 1. The summed E-state index contributed by atoms with van der Waals surface area (Å²) in [5.41, 5.74) is 1.08. The fraction of sp³-hybridized carbons (Fsp3) is 0.647. The first kappa shape index (κ1) is 14.5. The van der Waals surface area contributed by atoms with Crippen LogP contribution in [-0.2, 0) is 0 Å². The molecule has 1 fully saturated rings. The van der Waals surface area contributed by atoms with Gasteiger partial charge in [-0.25, -0.2) is 4.39 Å². The van der Waals surface area contributed by atoms with Crippen LogP contribution in [0.5, 0.6) is 0 Å². The van der Waals surface area contributed by atoms with Crippen LogP contribution in [0, 0.1) is 17.7 Å². The van der Waals surface area contributed by atoms with Crippen molar-refractivity contribution in [1.82, 2.24) is 5.32 Å². The molecule has 1 aromatic carbocycles. The fourth-order valence-electron chi connectivity index (χ4n) is 3.28. The van der Waals surface area contributed by atoms with E-state index >= 15 is 0 Å². The molecule has 0 radical (unpaired) electrons. The average molecular weight is 263 g/mol. The molecule has 1 nitrogen and oxygen atoms in total. The Morgan fingerprint density at radius 2 is 2.21 bits per heavy atom. The van der Waals surface area contributed by atoms with Crippen LogP contribution >= 0.6 is 0 Å². The van der Waals surface area contributed by atoms with Crippen LogP contribution in [0.25, 0.3) is 0 Å². The van der Waals surface area contributed by atoms with Gasteiger partial charge in [-0.15, -0.1) is 0 Å². The summed E-state index contributed by atoms with van der Waals surface area (Å²) in [4.78, 5) is 0. The van der Waals surface area contributed by atoms with Gasteiger partial charge < -0.3 is 5.32 Å². The monoisotopic (exact) mass is 263 g/mol. The van der Waals surface area contributed by atoms with Crippen LogP contribution in [0.15, 0.2) is 24.3 Å². The highest BCUT2D eigenvalue weighted by atomic mass is 19.1. The van der Waals surface area contributed by atoms with Crippen LogP contribution in [-0.4, -0.2) is 6.54 Å². The standard InChI is InChI=1S/C17H26FN/c1-3-17(15-8-5-9-16(18)11-15)19-12-14-7-4-6-13(2)10-14/h5,8-9,11,13-14,17,19H,3-4,6-7,10,12H2,1-2H3. The van der Waals surface area contributed by atoms with E-state index in [9.17, 15) is 4.39 Å². The van der Waals surface area contributed by atoms with Crippen molar-refractivity contribution in [3.63, 3.8) is 0 Å². The summed E-state index contributed by atoms with van der Waals surface area (Å²) in [6, 6.07) is 7.28. The molecule has 0 amide bonds. The Labute approximate surface area is 116 Å². The van der Waals surface area contributed by atoms with Crippen molar-refractivity contribution in [2.45, 2.75) is 52.0 Å². The lowest BCUT2D eigenvalue weighted by Gasteiger charge is -2.28. The molecule has 0 saturated heterocycles. The molecule has 0 bridgehead atoms. The van der Waals surface area contributed by atoms with E-state index in [1.54, 1.807) is 12.1 Å². The predicted molar refractivity (Wildman–Crippen MR) is 78.6 cm³/mol. The third-order valence-electron chi connectivity index (χ3n) is 4.36. The molecule has 19 heavy (non-hydrogen) atoms. The van der Waals surface area contributed by atoms with Crippen molar-refractivity contribution in [3.05, 3.63) is 35.6 Å². The summed E-state index contributed by atoms with van der Waals surface area (Å²) in [6.07, 6.45) is 6.44. The van der Waals surface area contributed by atoms with E-state index in [4.69, 9.17) is 0 Å². The van der Waals surface area contributed by atoms with Crippen molar-refractivity contribution in [1.29, 1.82) is 0 Å². The molecule has 3 unspecified atom stereocenters. The molecule has 2 rings (SSSR count). The molecule has 0 aromatic heterocycles. The van der Waals surface area contributed by atoms with Crippen molar-refractivity contribution in [2.75, 3.05) is 6.54 Å². The Kier molecular flexibility index (Phi) is 5.38. The van der Waals surface area contributed by atoms with Gasteiger partial charge in [0.05, 0.1) is 0 Å². The summed E-state index contributed by atoms with van der Waals surface area (Å²) < 4.78 is 13.3. The molecule has 3 atom stereocenters. The molecular weight excluding hydrogens is 237 g/mol. The Morgan fingerprint density at radius 1 is 1.37 bits per heavy atom. The van der Waals surface area contributed by atoms with E-state index in [0.29, 0.717) is 0 Å². The SMILES string of the molecule is CCC(NCC1CCCC(C)C1)c1cccc(F)c1. The zero-order valence-corrected chi connectivity index (χ0v) is 12.2. The first-order valence-electron chi connectivity index (χ1n) is 7.68. The lowest BCUT2D eigenvalue weighted by atomic mass is 9.82. The van der Waals surface area contributed by atoms with E-state index in [-0.39, 0.29) is 11.9 Å². The van der Waals surface area contributed by atoms with E-state index in [0.717, 1.165) is 30.4 Å². The molecule has 1 aliphatic carbocycles. The van der Waals surface area contributed by atoms with Gasteiger partial charge in [-0.1, -0.05) is 38.8 Å². The van der Waals surface area contributed by atoms with Gasteiger partial charge in [-0.3, -0.25) is 0 Å². The van der Waals surface area contributed by atoms with Crippen LogP contribution in [0.4, 0.5) is 4.39 Å². The van der Waals surface area contributed by atoms with Gasteiger partial charge in [0, 0.05) is 6.04 Å². The summed E-state index contributed by atoms with van der Waals surface area (Å²) in [5.74, 6) is 1.53. The maximum Gasteiger partial charge on any atom is 0.123 e. The zero-order chi connectivity index (χ0) is 13.7. The minimum atomic E-state index is -0.135. The summed E-state index contributed by atoms with van der Waals surface area (Å²) >= 11 is 0. The molecule has 1 saturated carbocycles. The highest BCUT2D eigenvalue weighted by molar-refractivity contribution is 5.20. The number of hydrogen-bond acceptors (Lipinski definition) is 1. The maximum atomic E-state index is 13.3. The summed E-state index contributed by atoms with van der Waals surface area (Å²) in [6.45, 7) is 5.58. The molecule has 0 heterocycles. The van der Waals surface area contributed by atoms with Crippen LogP contribution in [0.3, 0.4) is 0 Å². The number of hydrogen-bond donors (Lipinski definition) is 1. The minimum absolute atomic E-state index is 0.135. The summed E-state index contributed by atoms with van der Waals surface area (Å²) in [7, 11) is 0. The second-order valence-electron chi connectivity index (χ2n) is 6.06. The van der Waals surface area contributed by atoms with E-state index in [1.165, 1.54) is 31.7 Å². The lowest BCUT2D eigenvalue weighted by Crippen LogP contribution is -2.29. The van der Waals surface area contributed by atoms with Gasteiger partial charge in [0.2, 0.25) is 0 Å². The highest BCUT2D eigenvalue weighted by Crippen LogP contribution is 2.28. The van der Waals surface area contributed by atoms with Gasteiger partial charge >= 0.3 is 0 Å². The van der Waals surface area contributed by atoms with Crippen molar-refractivity contribution < 1.29 is 4.39 Å². The number of benzene rings is 1. The topological polar surface area (TPSA) is 12.0 Å². The maximum absolute atomic E-state index is 13.3. The van der Waals surface area contributed by atoms with Gasteiger partial charge in [-0.05, 0) is 55.3 Å². The molecule has 0 aliphatic heterocycles. The largest absolute Gasteiger partial charge is 0.310 e. The van der Waals surface area contributed by atoms with Crippen molar-refractivity contribution >= 4 is 0 Å². The Bertz CT molecular complexity index is 391. The quantitative estimate of drug-likeness (QED) is 0.812. The number of halogens is 1. The second kappa shape index (κ2) is 7.04. The molecule has 1 N–H and O–H groups in total. The van der Waals surface area contributed by atoms with Gasteiger partial charge in [0.1, 0.15) is 5.82 Å². The smallest absolute Gasteiger partial charge is 0.123 e. The first-order chi connectivity index (χ1) is 9.19. The normalized spacial score (nSPS) is 25.2. The van der Waals surface area contributed by atoms with Crippen LogP contribution < -0.4 is 5.32 Å². The van der Waals surface area contributed by atoms with Gasteiger partial charge in [0.15, 0.2) is 0 Å². The Hall–Kier alpha value is -0.890. The molecule has 2 heteroatoms. The molecule has 106 valence electrons. The van der Waals surface area contributed by atoms with Crippen LogP contribution in [0.2, 0.25) is 0 Å². The molecular formula is C17H26FN. The fourth-order valence-corrected chi connectivity index (χ4v) is 3.28. The Balaban J connectivity index is 1.89. The first-order valence-corrected chi connectivity index (χ1v) is 7.68. The molecule has 1 aromatic rings. The third kappa shape index (κ3) is 4.31. The van der Waals surface area contributed by atoms with Crippen LogP contribution in [0.1, 0.15) is 57.6 Å². The molecule has 0 spiro atoms. The van der Waals surface area contributed by atoms with Gasteiger partial charge in [0.25, 0.3) is 0 Å². The van der Waals surface area contributed by atoms with E-state index < -0.39 is 0 Å². The predicted octanol–water partition coefficient (Wildman–Crippen LogP) is 4.69. The average Bonchev–Trinajstić information content (AvgIpc) is 2.40. The number of rotatable bonds is 5. The van der Waals surface area contributed by atoms with Gasteiger partial charge in [-0.2, -0.15) is 0 Å². The zero-order valence-electron chi connectivity index (χ0n) is 12.2. The second-order valence-corrected chi connectivity index (χ2v) is 6.06. The summed E-state index contributed by atoms with van der Waals surface area (Å²) in [5, 5.41) is 3.64. The lowest BCUT2D eigenvalue weighted by molar-refractivity contribution is 0.266. The Morgan fingerprint density at radius 3 is 2.89 bits per heavy atom. The van der Waals surface area contributed by atoms with E-state index in [2.05, 4.69) is 19.2 Å². The highest BCUT2D eigenvalue weighted by Gasteiger charge is 2.20. The minimum Gasteiger partial charge on any atom is -0.310 e. The van der Waals surface area contributed by atoms with E-state index in [1.807, 2.05) is 6.07 Å².